The summed E-state index contributed by atoms with van der Waals surface area (Å²) in [4.78, 5) is 20.9. The Morgan fingerprint density at radius 1 is 1.58 bits per heavy atom. The normalized spacial score (nSPS) is 19.2. The van der Waals surface area contributed by atoms with Gasteiger partial charge < -0.3 is 15.7 Å². The number of likely N-dealkylation sites (tertiary alicyclic amines) is 1. The van der Waals surface area contributed by atoms with Crippen LogP contribution >= 0.6 is 15.9 Å². The maximum Gasteiger partial charge on any atom is 0.407 e. The van der Waals surface area contributed by atoms with Crippen LogP contribution in [-0.2, 0) is 0 Å². The number of nitrogens with zero attached hydrogens (tertiary/aromatic N) is 4. The number of nitrogens with two attached hydrogens (primary N) is 1. The molecular formula is C11H12BrN5O2. The van der Waals surface area contributed by atoms with Gasteiger partial charge in [0.2, 0.25) is 0 Å². The number of hydrogen-bond donors (Lipinski definition) is 2. The van der Waals surface area contributed by atoms with E-state index in [4.69, 9.17) is 10.8 Å². The molecule has 2 aromatic heterocycles. The van der Waals surface area contributed by atoms with Crippen molar-refractivity contribution in [3.63, 3.8) is 0 Å². The van der Waals surface area contributed by atoms with Crippen molar-refractivity contribution in [3.05, 3.63) is 22.8 Å². The van der Waals surface area contributed by atoms with Crippen LogP contribution in [0.5, 0.6) is 0 Å². The zero-order valence-corrected chi connectivity index (χ0v) is 11.5. The van der Waals surface area contributed by atoms with Gasteiger partial charge in [0.25, 0.3) is 0 Å². The second-order valence-corrected chi connectivity index (χ2v) is 5.26. The molecule has 8 heteroatoms. The Bertz CT molecular complexity index is 656. The Morgan fingerprint density at radius 3 is 3.05 bits per heavy atom. The van der Waals surface area contributed by atoms with Crippen molar-refractivity contribution in [2.45, 2.75) is 12.3 Å². The van der Waals surface area contributed by atoms with Crippen molar-refractivity contribution in [1.82, 2.24) is 19.3 Å². The Kier molecular flexibility index (Phi) is 2.81. The van der Waals surface area contributed by atoms with Gasteiger partial charge in [-0.1, -0.05) is 0 Å². The fraction of sp³-hybridized carbons (Fsp3) is 0.364. The summed E-state index contributed by atoms with van der Waals surface area (Å²) in [6, 6.07) is 0. The predicted molar refractivity (Wildman–Crippen MR) is 72.1 cm³/mol. The van der Waals surface area contributed by atoms with Crippen molar-refractivity contribution < 1.29 is 9.90 Å². The average Bonchev–Trinajstić information content (AvgIpc) is 2.95. The molecule has 1 aliphatic rings. The number of nitrogen functional groups attached to an aromatic ring is 1. The van der Waals surface area contributed by atoms with Gasteiger partial charge in [-0.05, 0) is 22.4 Å². The first-order valence-corrected chi connectivity index (χ1v) is 6.63. The van der Waals surface area contributed by atoms with Crippen LogP contribution in [0.4, 0.5) is 10.6 Å². The SMILES string of the molecule is Nc1nccn2c(C3CCN(C(=O)O)C3)nc(Br)c12. The molecule has 0 aliphatic carbocycles. The summed E-state index contributed by atoms with van der Waals surface area (Å²) >= 11 is 3.38. The minimum Gasteiger partial charge on any atom is -0.465 e. The number of halogens is 1. The molecule has 3 N–H and O–H groups in total. The van der Waals surface area contributed by atoms with Crippen molar-refractivity contribution >= 4 is 33.4 Å². The molecule has 100 valence electrons. The van der Waals surface area contributed by atoms with E-state index in [9.17, 15) is 4.79 Å². The van der Waals surface area contributed by atoms with E-state index in [0.29, 0.717) is 23.5 Å². The summed E-state index contributed by atoms with van der Waals surface area (Å²) in [5, 5.41) is 9.00. The zero-order valence-electron chi connectivity index (χ0n) is 9.95. The molecule has 3 rings (SSSR count). The summed E-state index contributed by atoms with van der Waals surface area (Å²) in [6.45, 7) is 0.996. The number of fused-ring (bicyclic) bond motifs is 1. The molecule has 1 amide bonds. The van der Waals surface area contributed by atoms with Gasteiger partial charge in [0.15, 0.2) is 5.82 Å². The highest BCUT2D eigenvalue weighted by Crippen LogP contribution is 2.31. The standard InChI is InChI=1S/C11H12BrN5O2/c12-8-7-9(13)14-2-4-17(7)10(15-8)6-1-3-16(5-6)11(18)19/h2,4,6H,1,3,5H2,(H2,13,14)(H,18,19). The van der Waals surface area contributed by atoms with E-state index in [1.54, 1.807) is 12.4 Å². The van der Waals surface area contributed by atoms with Gasteiger partial charge in [-0.25, -0.2) is 14.8 Å². The van der Waals surface area contributed by atoms with Gasteiger partial charge in [0.1, 0.15) is 15.9 Å². The molecule has 19 heavy (non-hydrogen) atoms. The zero-order chi connectivity index (χ0) is 13.6. The van der Waals surface area contributed by atoms with Crippen molar-refractivity contribution in [3.8, 4) is 0 Å². The largest absolute Gasteiger partial charge is 0.465 e. The number of anilines is 1. The number of amides is 1. The average molecular weight is 326 g/mol. The predicted octanol–water partition coefficient (Wildman–Crippen LogP) is 1.54. The van der Waals surface area contributed by atoms with Crippen LogP contribution in [0.2, 0.25) is 0 Å². The van der Waals surface area contributed by atoms with Crippen LogP contribution < -0.4 is 5.73 Å². The van der Waals surface area contributed by atoms with Crippen molar-refractivity contribution in [1.29, 1.82) is 0 Å². The highest BCUT2D eigenvalue weighted by Gasteiger charge is 2.30. The van der Waals surface area contributed by atoms with Crippen molar-refractivity contribution in [2.24, 2.45) is 0 Å². The maximum absolute atomic E-state index is 11.0. The first kappa shape index (κ1) is 12.2. The lowest BCUT2D eigenvalue weighted by atomic mass is 10.1. The lowest BCUT2D eigenvalue weighted by Crippen LogP contribution is -2.26. The molecule has 1 atom stereocenters. The topological polar surface area (TPSA) is 96.8 Å². The summed E-state index contributed by atoms with van der Waals surface area (Å²) in [7, 11) is 0. The fourth-order valence-corrected chi connectivity index (χ4v) is 3.05. The number of hydrogen-bond acceptors (Lipinski definition) is 4. The lowest BCUT2D eigenvalue weighted by molar-refractivity contribution is 0.155. The third-order valence-corrected chi connectivity index (χ3v) is 3.94. The van der Waals surface area contributed by atoms with Gasteiger partial charge in [-0.3, -0.25) is 4.40 Å². The molecule has 1 fully saturated rings. The lowest BCUT2D eigenvalue weighted by Gasteiger charge is -2.11. The fourth-order valence-electron chi connectivity index (χ4n) is 2.48. The van der Waals surface area contributed by atoms with Gasteiger partial charge in [-0.15, -0.1) is 0 Å². The number of carboxylic acid groups (broad SMARTS) is 1. The number of imidazole rings is 1. The van der Waals surface area contributed by atoms with E-state index < -0.39 is 6.09 Å². The van der Waals surface area contributed by atoms with Crippen molar-refractivity contribution in [2.75, 3.05) is 18.8 Å². The highest BCUT2D eigenvalue weighted by molar-refractivity contribution is 9.10. The summed E-state index contributed by atoms with van der Waals surface area (Å²) < 4.78 is 2.52. The Hall–Kier alpha value is -1.83. The highest BCUT2D eigenvalue weighted by atomic mass is 79.9. The Labute approximate surface area is 117 Å². The van der Waals surface area contributed by atoms with Crippen LogP contribution in [0.15, 0.2) is 17.0 Å². The van der Waals surface area contributed by atoms with Gasteiger partial charge >= 0.3 is 6.09 Å². The summed E-state index contributed by atoms with van der Waals surface area (Å²) in [5.74, 6) is 1.30. The molecule has 1 saturated heterocycles. The number of aromatic nitrogens is 3. The minimum atomic E-state index is -0.886. The van der Waals surface area contributed by atoms with E-state index >= 15 is 0 Å². The molecule has 0 spiro atoms. The summed E-state index contributed by atoms with van der Waals surface area (Å²) in [5.41, 5.74) is 6.57. The molecule has 7 nitrogen and oxygen atoms in total. The van der Waals surface area contributed by atoms with E-state index in [-0.39, 0.29) is 5.92 Å². The van der Waals surface area contributed by atoms with Crippen LogP contribution in [0, 0.1) is 0 Å². The minimum absolute atomic E-state index is 0.0803. The number of rotatable bonds is 1. The molecule has 0 saturated carbocycles. The Morgan fingerprint density at radius 2 is 2.37 bits per heavy atom. The van der Waals surface area contributed by atoms with Crippen LogP contribution in [0.25, 0.3) is 5.52 Å². The third kappa shape index (κ3) is 1.92. The first-order valence-electron chi connectivity index (χ1n) is 5.83. The van der Waals surface area contributed by atoms with E-state index in [1.165, 1.54) is 4.90 Å². The molecule has 3 heterocycles. The smallest absolute Gasteiger partial charge is 0.407 e. The maximum atomic E-state index is 11.0. The van der Waals surface area contributed by atoms with Crippen LogP contribution in [-0.4, -0.2) is 43.6 Å². The van der Waals surface area contributed by atoms with Gasteiger partial charge in [0.05, 0.1) is 0 Å². The molecular weight excluding hydrogens is 314 g/mol. The summed E-state index contributed by atoms with van der Waals surface area (Å²) in [6.07, 6.45) is 3.29. The monoisotopic (exact) mass is 325 g/mol. The van der Waals surface area contributed by atoms with Gasteiger partial charge in [-0.2, -0.15) is 0 Å². The Balaban J connectivity index is 2.03. The molecule has 1 unspecified atom stereocenters. The number of carbonyl (C=O) groups is 1. The molecule has 2 aromatic rings. The second-order valence-electron chi connectivity index (χ2n) is 4.51. The quantitative estimate of drug-likeness (QED) is 0.829. The van der Waals surface area contributed by atoms with Crippen LogP contribution in [0.1, 0.15) is 18.2 Å². The molecule has 0 aromatic carbocycles. The first-order chi connectivity index (χ1) is 9.08. The van der Waals surface area contributed by atoms with E-state index in [1.807, 2.05) is 4.40 Å². The second kappa shape index (κ2) is 4.37. The van der Waals surface area contributed by atoms with Crippen LogP contribution in [0.3, 0.4) is 0 Å². The van der Waals surface area contributed by atoms with E-state index in [2.05, 4.69) is 25.9 Å². The molecule has 0 radical (unpaired) electrons. The van der Waals surface area contributed by atoms with Gasteiger partial charge in [0, 0.05) is 31.4 Å². The molecule has 0 bridgehead atoms. The molecule has 1 aliphatic heterocycles. The van der Waals surface area contributed by atoms with E-state index in [0.717, 1.165) is 17.8 Å². The third-order valence-electron chi connectivity index (χ3n) is 3.39.